The van der Waals surface area contributed by atoms with Crippen LogP contribution >= 0.6 is 0 Å². The molecule has 26 heavy (non-hydrogen) atoms. The fourth-order valence-corrected chi connectivity index (χ4v) is 3.62. The summed E-state index contributed by atoms with van der Waals surface area (Å²) in [6.07, 6.45) is 2.56. The Morgan fingerprint density at radius 2 is 1.88 bits per heavy atom. The summed E-state index contributed by atoms with van der Waals surface area (Å²) < 4.78 is 5.48. The van der Waals surface area contributed by atoms with Crippen LogP contribution in [0.25, 0.3) is 0 Å². The van der Waals surface area contributed by atoms with Gasteiger partial charge in [-0.05, 0) is 76.5 Å². The second-order valence-electron chi connectivity index (χ2n) is 8.36. The minimum Gasteiger partial charge on any atom is -0.444 e. The number of nitriles is 1. The van der Waals surface area contributed by atoms with Gasteiger partial charge in [-0.1, -0.05) is 12.1 Å². The predicted octanol–water partition coefficient (Wildman–Crippen LogP) is 4.03. The van der Waals surface area contributed by atoms with Crippen LogP contribution in [0.4, 0.5) is 4.79 Å². The summed E-state index contributed by atoms with van der Waals surface area (Å²) in [5.74, 6) is 0.830. The molecule has 1 heterocycles. The summed E-state index contributed by atoms with van der Waals surface area (Å²) in [5.41, 5.74) is 7.54. The van der Waals surface area contributed by atoms with Crippen LogP contribution in [0.2, 0.25) is 0 Å². The number of benzene rings is 1. The molecule has 1 saturated heterocycles. The van der Waals surface area contributed by atoms with Gasteiger partial charge in [0.05, 0.1) is 11.6 Å². The number of carbonyl (C=O) groups excluding carboxylic acids is 1. The standard InChI is InChI=1S/C21H31N3O2/c1-15(23)13-19(17-7-5-16(14-22)6-8-17)18-9-11-24(12-10-18)20(25)26-21(2,3)4/h5-8,15,18-19H,9-13,23H2,1-4H3. The lowest BCUT2D eigenvalue weighted by Gasteiger charge is -2.37. The van der Waals surface area contributed by atoms with Gasteiger partial charge in [-0.3, -0.25) is 0 Å². The van der Waals surface area contributed by atoms with Crippen molar-refractivity contribution >= 4 is 6.09 Å². The lowest BCUT2D eigenvalue weighted by atomic mass is 9.77. The molecule has 1 aromatic rings. The van der Waals surface area contributed by atoms with Crippen molar-refractivity contribution in [1.29, 1.82) is 5.26 Å². The third-order valence-electron chi connectivity index (χ3n) is 4.85. The number of amides is 1. The van der Waals surface area contributed by atoms with Crippen molar-refractivity contribution in [2.45, 2.75) is 64.5 Å². The van der Waals surface area contributed by atoms with Gasteiger partial charge in [0.15, 0.2) is 0 Å². The van der Waals surface area contributed by atoms with E-state index < -0.39 is 5.60 Å². The highest BCUT2D eigenvalue weighted by molar-refractivity contribution is 5.68. The molecular formula is C21H31N3O2. The Morgan fingerprint density at radius 1 is 1.31 bits per heavy atom. The summed E-state index contributed by atoms with van der Waals surface area (Å²) in [6, 6.07) is 10.1. The zero-order valence-corrected chi connectivity index (χ0v) is 16.4. The van der Waals surface area contributed by atoms with Crippen molar-refractivity contribution < 1.29 is 9.53 Å². The Morgan fingerprint density at radius 3 is 2.35 bits per heavy atom. The SMILES string of the molecule is CC(N)CC(c1ccc(C#N)cc1)C1CCN(C(=O)OC(C)(C)C)CC1. The van der Waals surface area contributed by atoms with Gasteiger partial charge in [0.1, 0.15) is 5.60 Å². The largest absolute Gasteiger partial charge is 0.444 e. The molecule has 2 unspecified atom stereocenters. The maximum atomic E-state index is 12.3. The van der Waals surface area contributed by atoms with Crippen molar-refractivity contribution in [3.63, 3.8) is 0 Å². The Balaban J connectivity index is 2.04. The van der Waals surface area contributed by atoms with E-state index in [2.05, 4.69) is 6.07 Å². The molecule has 0 radical (unpaired) electrons. The number of carbonyl (C=O) groups is 1. The van der Waals surface area contributed by atoms with Crippen LogP contribution in [0.1, 0.15) is 64.0 Å². The van der Waals surface area contributed by atoms with Crippen molar-refractivity contribution in [2.24, 2.45) is 11.7 Å². The molecule has 1 aliphatic rings. The number of ether oxygens (including phenoxy) is 1. The van der Waals surface area contributed by atoms with E-state index in [1.807, 2.05) is 56.9 Å². The smallest absolute Gasteiger partial charge is 0.410 e. The maximum absolute atomic E-state index is 12.3. The van der Waals surface area contributed by atoms with E-state index in [1.54, 1.807) is 0 Å². The van der Waals surface area contributed by atoms with Crippen molar-refractivity contribution in [1.82, 2.24) is 4.90 Å². The summed E-state index contributed by atoms with van der Waals surface area (Å²) >= 11 is 0. The Hall–Kier alpha value is -2.06. The Bertz CT molecular complexity index is 633. The molecule has 142 valence electrons. The summed E-state index contributed by atoms with van der Waals surface area (Å²) in [7, 11) is 0. The molecular weight excluding hydrogens is 326 g/mol. The van der Waals surface area contributed by atoms with Crippen LogP contribution in [-0.4, -0.2) is 35.7 Å². The molecule has 2 rings (SSSR count). The number of hydrogen-bond donors (Lipinski definition) is 1. The first-order valence-corrected chi connectivity index (χ1v) is 9.43. The molecule has 0 spiro atoms. The molecule has 0 aliphatic carbocycles. The number of nitrogens with zero attached hydrogens (tertiary/aromatic N) is 2. The van der Waals surface area contributed by atoms with Crippen molar-refractivity contribution in [2.75, 3.05) is 13.1 Å². The highest BCUT2D eigenvalue weighted by atomic mass is 16.6. The van der Waals surface area contributed by atoms with Crippen LogP contribution < -0.4 is 5.73 Å². The average molecular weight is 357 g/mol. The summed E-state index contributed by atoms with van der Waals surface area (Å²) in [4.78, 5) is 14.1. The van der Waals surface area contributed by atoms with Gasteiger partial charge in [-0.25, -0.2) is 4.79 Å². The minimum absolute atomic E-state index is 0.111. The monoisotopic (exact) mass is 357 g/mol. The van der Waals surface area contributed by atoms with Gasteiger partial charge in [0.2, 0.25) is 0 Å². The highest BCUT2D eigenvalue weighted by Crippen LogP contribution is 2.36. The van der Waals surface area contributed by atoms with Gasteiger partial charge >= 0.3 is 6.09 Å². The molecule has 1 aromatic carbocycles. The third kappa shape index (κ3) is 5.74. The van der Waals surface area contributed by atoms with E-state index in [0.29, 0.717) is 30.5 Å². The predicted molar refractivity (Wildman–Crippen MR) is 103 cm³/mol. The molecule has 0 bridgehead atoms. The number of rotatable bonds is 4. The average Bonchev–Trinajstić information content (AvgIpc) is 2.58. The lowest BCUT2D eigenvalue weighted by Crippen LogP contribution is -2.43. The third-order valence-corrected chi connectivity index (χ3v) is 4.85. The molecule has 5 nitrogen and oxygen atoms in total. The Labute approximate surface area is 157 Å². The second kappa shape index (κ2) is 8.55. The molecule has 1 aliphatic heterocycles. The van der Waals surface area contributed by atoms with E-state index >= 15 is 0 Å². The summed E-state index contributed by atoms with van der Waals surface area (Å²) in [6.45, 7) is 9.13. The first kappa shape index (κ1) is 20.3. The fraction of sp³-hybridized carbons (Fsp3) is 0.619. The first-order valence-electron chi connectivity index (χ1n) is 9.43. The highest BCUT2D eigenvalue weighted by Gasteiger charge is 2.31. The quantitative estimate of drug-likeness (QED) is 0.882. The van der Waals surface area contributed by atoms with Crippen LogP contribution in [0, 0.1) is 17.2 Å². The minimum atomic E-state index is -0.464. The van der Waals surface area contributed by atoms with Crippen LogP contribution in [0.3, 0.4) is 0 Å². The topological polar surface area (TPSA) is 79.4 Å². The van der Waals surface area contributed by atoms with Crippen LogP contribution in [0.15, 0.2) is 24.3 Å². The van der Waals surface area contributed by atoms with Crippen molar-refractivity contribution in [3.8, 4) is 6.07 Å². The second-order valence-corrected chi connectivity index (χ2v) is 8.36. The van der Waals surface area contributed by atoms with Gasteiger partial charge in [0, 0.05) is 19.1 Å². The maximum Gasteiger partial charge on any atom is 0.410 e. The van der Waals surface area contributed by atoms with Gasteiger partial charge < -0.3 is 15.4 Å². The molecule has 1 amide bonds. The lowest BCUT2D eigenvalue weighted by molar-refractivity contribution is 0.0172. The molecule has 1 fully saturated rings. The molecule has 0 saturated carbocycles. The van der Waals surface area contributed by atoms with Crippen LogP contribution in [-0.2, 0) is 4.74 Å². The molecule has 2 N–H and O–H groups in total. The fourth-order valence-electron chi connectivity index (χ4n) is 3.62. The van der Waals surface area contributed by atoms with Gasteiger partial charge in [0.25, 0.3) is 0 Å². The summed E-state index contributed by atoms with van der Waals surface area (Å²) in [5, 5.41) is 9.00. The van der Waals surface area contributed by atoms with E-state index in [0.717, 1.165) is 19.3 Å². The zero-order valence-electron chi connectivity index (χ0n) is 16.4. The molecule has 2 atom stereocenters. The van der Waals surface area contributed by atoms with Gasteiger partial charge in [-0.2, -0.15) is 5.26 Å². The zero-order chi connectivity index (χ0) is 19.3. The van der Waals surface area contributed by atoms with E-state index in [1.165, 1.54) is 5.56 Å². The Kier molecular flexibility index (Phi) is 6.66. The first-order chi connectivity index (χ1) is 12.2. The number of piperidine rings is 1. The molecule has 0 aromatic heterocycles. The van der Waals surface area contributed by atoms with Crippen molar-refractivity contribution in [3.05, 3.63) is 35.4 Å². The van der Waals surface area contributed by atoms with Crippen LogP contribution in [0.5, 0.6) is 0 Å². The normalized spacial score (nSPS) is 18.1. The number of hydrogen-bond acceptors (Lipinski definition) is 4. The van der Waals surface area contributed by atoms with Gasteiger partial charge in [-0.15, -0.1) is 0 Å². The molecule has 5 heteroatoms. The number of likely N-dealkylation sites (tertiary alicyclic amines) is 1. The van der Waals surface area contributed by atoms with E-state index in [9.17, 15) is 4.79 Å². The number of nitrogens with two attached hydrogens (primary N) is 1. The van der Waals surface area contributed by atoms with E-state index in [-0.39, 0.29) is 12.1 Å². The van der Waals surface area contributed by atoms with E-state index in [4.69, 9.17) is 15.7 Å².